The summed E-state index contributed by atoms with van der Waals surface area (Å²) < 4.78 is 4.54. The fourth-order valence-electron chi connectivity index (χ4n) is 1.55. The maximum absolute atomic E-state index is 11.2. The standard InChI is InChI=1S/C11H13NO2/c1-8-4-3-5-9(6-8)10(7-12)11(13)14-2/h6H,3-5H2,1-2H3/b10-9-. The number of esters is 1. The van der Waals surface area contributed by atoms with Gasteiger partial charge in [-0.25, -0.2) is 4.79 Å². The number of ether oxygens (including phenoxy) is 1. The molecule has 74 valence electrons. The Bertz CT molecular complexity index is 345. The molecule has 3 heteroatoms. The topological polar surface area (TPSA) is 50.1 Å². The summed E-state index contributed by atoms with van der Waals surface area (Å²) >= 11 is 0. The van der Waals surface area contributed by atoms with Gasteiger partial charge in [0.15, 0.2) is 0 Å². The van der Waals surface area contributed by atoms with E-state index in [0.29, 0.717) is 0 Å². The first-order valence-electron chi connectivity index (χ1n) is 4.57. The summed E-state index contributed by atoms with van der Waals surface area (Å²) in [6.45, 7) is 2.01. The molecule has 0 radical (unpaired) electrons. The molecule has 14 heavy (non-hydrogen) atoms. The van der Waals surface area contributed by atoms with Crippen molar-refractivity contribution < 1.29 is 9.53 Å². The number of hydrogen-bond acceptors (Lipinski definition) is 3. The average Bonchev–Trinajstić information content (AvgIpc) is 2.19. The largest absolute Gasteiger partial charge is 0.465 e. The summed E-state index contributed by atoms with van der Waals surface area (Å²) in [6.07, 6.45) is 4.75. The number of allylic oxidation sites excluding steroid dienone is 3. The Hall–Kier alpha value is -1.56. The van der Waals surface area contributed by atoms with Crippen molar-refractivity contribution in [3.05, 3.63) is 22.8 Å². The quantitative estimate of drug-likeness (QED) is 0.362. The number of nitriles is 1. The first-order valence-corrected chi connectivity index (χ1v) is 4.57. The zero-order valence-corrected chi connectivity index (χ0v) is 8.46. The fraction of sp³-hybridized carbons (Fsp3) is 0.455. The van der Waals surface area contributed by atoms with Crippen LogP contribution in [-0.4, -0.2) is 13.1 Å². The van der Waals surface area contributed by atoms with Crippen LogP contribution in [0.5, 0.6) is 0 Å². The predicted octanol–water partition coefficient (Wildman–Crippen LogP) is 2.11. The lowest BCUT2D eigenvalue weighted by atomic mass is 9.93. The van der Waals surface area contributed by atoms with E-state index in [0.717, 1.165) is 24.8 Å². The second kappa shape index (κ2) is 4.61. The van der Waals surface area contributed by atoms with E-state index >= 15 is 0 Å². The van der Waals surface area contributed by atoms with Gasteiger partial charge in [-0.15, -0.1) is 0 Å². The van der Waals surface area contributed by atoms with Gasteiger partial charge in [-0.2, -0.15) is 5.26 Å². The highest BCUT2D eigenvalue weighted by molar-refractivity contribution is 5.94. The molecule has 1 aliphatic carbocycles. The van der Waals surface area contributed by atoms with Crippen molar-refractivity contribution in [1.82, 2.24) is 0 Å². The zero-order valence-electron chi connectivity index (χ0n) is 8.46. The lowest BCUT2D eigenvalue weighted by Gasteiger charge is -2.12. The van der Waals surface area contributed by atoms with Gasteiger partial charge < -0.3 is 4.74 Å². The van der Waals surface area contributed by atoms with Crippen molar-refractivity contribution in [1.29, 1.82) is 5.26 Å². The van der Waals surface area contributed by atoms with E-state index in [9.17, 15) is 4.79 Å². The van der Waals surface area contributed by atoms with Crippen LogP contribution in [0.25, 0.3) is 0 Å². The van der Waals surface area contributed by atoms with Crippen molar-refractivity contribution in [2.75, 3.05) is 7.11 Å². The number of hydrogen-bond donors (Lipinski definition) is 0. The van der Waals surface area contributed by atoms with Gasteiger partial charge in [-0.05, 0) is 31.8 Å². The minimum atomic E-state index is -0.534. The summed E-state index contributed by atoms with van der Waals surface area (Å²) in [5, 5.41) is 8.83. The van der Waals surface area contributed by atoms with Gasteiger partial charge in [-0.1, -0.05) is 11.6 Å². The van der Waals surface area contributed by atoms with Gasteiger partial charge in [0.25, 0.3) is 0 Å². The van der Waals surface area contributed by atoms with Gasteiger partial charge in [0.1, 0.15) is 11.6 Å². The van der Waals surface area contributed by atoms with Crippen LogP contribution in [0, 0.1) is 11.3 Å². The minimum absolute atomic E-state index is 0.145. The molecule has 0 fully saturated rings. The molecule has 0 heterocycles. The van der Waals surface area contributed by atoms with Crippen LogP contribution in [0.3, 0.4) is 0 Å². The molecular formula is C11H13NO2. The molecule has 0 saturated heterocycles. The molecule has 1 rings (SSSR count). The minimum Gasteiger partial charge on any atom is -0.465 e. The van der Waals surface area contributed by atoms with Gasteiger partial charge in [0.2, 0.25) is 0 Å². The molecule has 0 N–H and O–H groups in total. The molecule has 0 amide bonds. The van der Waals surface area contributed by atoms with Crippen LogP contribution in [0.2, 0.25) is 0 Å². The van der Waals surface area contributed by atoms with E-state index in [1.54, 1.807) is 0 Å². The third-order valence-electron chi connectivity index (χ3n) is 2.26. The molecule has 0 unspecified atom stereocenters. The van der Waals surface area contributed by atoms with E-state index in [2.05, 4.69) is 4.74 Å². The van der Waals surface area contributed by atoms with Crippen molar-refractivity contribution in [3.8, 4) is 6.07 Å². The molecule has 0 aromatic heterocycles. The Morgan fingerprint density at radius 1 is 1.57 bits per heavy atom. The number of carbonyl (C=O) groups excluding carboxylic acids is 1. The number of nitrogens with zero attached hydrogens (tertiary/aromatic N) is 1. The fourth-order valence-corrected chi connectivity index (χ4v) is 1.55. The molecule has 0 saturated carbocycles. The predicted molar refractivity (Wildman–Crippen MR) is 52.3 cm³/mol. The zero-order chi connectivity index (χ0) is 10.6. The Balaban J connectivity index is 3.06. The highest BCUT2D eigenvalue weighted by Gasteiger charge is 2.16. The lowest BCUT2D eigenvalue weighted by Crippen LogP contribution is -2.07. The Kier molecular flexibility index (Phi) is 3.47. The second-order valence-corrected chi connectivity index (χ2v) is 3.35. The van der Waals surface area contributed by atoms with Gasteiger partial charge in [0, 0.05) is 0 Å². The van der Waals surface area contributed by atoms with E-state index < -0.39 is 5.97 Å². The van der Waals surface area contributed by atoms with Crippen molar-refractivity contribution in [2.45, 2.75) is 26.2 Å². The monoisotopic (exact) mass is 191 g/mol. The molecule has 0 aromatic carbocycles. The molecular weight excluding hydrogens is 178 g/mol. The van der Waals surface area contributed by atoms with E-state index in [-0.39, 0.29) is 5.57 Å². The van der Waals surface area contributed by atoms with Gasteiger partial charge >= 0.3 is 5.97 Å². The van der Waals surface area contributed by atoms with Gasteiger partial charge in [-0.3, -0.25) is 0 Å². The maximum Gasteiger partial charge on any atom is 0.348 e. The van der Waals surface area contributed by atoms with Crippen LogP contribution >= 0.6 is 0 Å². The van der Waals surface area contributed by atoms with E-state index in [4.69, 9.17) is 5.26 Å². The highest BCUT2D eigenvalue weighted by atomic mass is 16.5. The van der Waals surface area contributed by atoms with Crippen molar-refractivity contribution in [2.24, 2.45) is 0 Å². The normalized spacial score (nSPS) is 19.4. The molecule has 0 aliphatic heterocycles. The third kappa shape index (κ3) is 2.23. The Labute approximate surface area is 83.7 Å². The second-order valence-electron chi connectivity index (χ2n) is 3.35. The number of carbonyl (C=O) groups is 1. The highest BCUT2D eigenvalue weighted by Crippen LogP contribution is 2.24. The average molecular weight is 191 g/mol. The Morgan fingerprint density at radius 2 is 2.29 bits per heavy atom. The first-order chi connectivity index (χ1) is 6.69. The SMILES string of the molecule is COC(=O)/C(C#N)=C1\C=C(C)CCC1. The third-order valence-corrected chi connectivity index (χ3v) is 2.26. The van der Waals surface area contributed by atoms with Crippen LogP contribution in [0.4, 0.5) is 0 Å². The van der Waals surface area contributed by atoms with E-state index in [1.165, 1.54) is 12.7 Å². The van der Waals surface area contributed by atoms with E-state index in [1.807, 2.05) is 19.1 Å². The molecule has 1 aliphatic rings. The van der Waals surface area contributed by atoms with Gasteiger partial charge in [0.05, 0.1) is 7.11 Å². The summed E-state index contributed by atoms with van der Waals surface area (Å²) in [5.74, 6) is -0.534. The molecule has 0 aromatic rings. The first kappa shape index (κ1) is 10.5. The van der Waals surface area contributed by atoms with Crippen molar-refractivity contribution in [3.63, 3.8) is 0 Å². The smallest absolute Gasteiger partial charge is 0.348 e. The van der Waals surface area contributed by atoms with Crippen LogP contribution < -0.4 is 0 Å². The number of methoxy groups -OCH3 is 1. The summed E-state index contributed by atoms with van der Waals surface area (Å²) in [6, 6.07) is 1.90. The van der Waals surface area contributed by atoms with Crippen LogP contribution in [-0.2, 0) is 9.53 Å². The van der Waals surface area contributed by atoms with Crippen LogP contribution in [0.15, 0.2) is 22.8 Å². The molecule has 0 spiro atoms. The molecule has 0 bridgehead atoms. The maximum atomic E-state index is 11.2. The molecule has 0 atom stereocenters. The van der Waals surface area contributed by atoms with Crippen LogP contribution in [0.1, 0.15) is 26.2 Å². The summed E-state index contributed by atoms with van der Waals surface area (Å²) in [5.41, 5.74) is 2.16. The number of rotatable bonds is 1. The summed E-state index contributed by atoms with van der Waals surface area (Å²) in [4.78, 5) is 11.2. The molecule has 3 nitrogen and oxygen atoms in total. The summed E-state index contributed by atoms with van der Waals surface area (Å²) in [7, 11) is 1.29. The Morgan fingerprint density at radius 3 is 2.79 bits per heavy atom. The van der Waals surface area contributed by atoms with Crippen molar-refractivity contribution >= 4 is 5.97 Å². The lowest BCUT2D eigenvalue weighted by molar-refractivity contribution is -0.135.